The van der Waals surface area contributed by atoms with Crippen molar-refractivity contribution in [2.45, 2.75) is 329 Å². The van der Waals surface area contributed by atoms with Crippen LogP contribution in [0.15, 0.2) is 85.1 Å². The zero-order valence-electron chi connectivity index (χ0n) is 50.3. The molecule has 6 nitrogen and oxygen atoms in total. The molecule has 438 valence electrons. The van der Waals surface area contributed by atoms with Gasteiger partial charge in [-0.15, -0.1) is 0 Å². The summed E-state index contributed by atoms with van der Waals surface area (Å²) in [6.07, 6.45) is 84.6. The number of hydrogen-bond acceptors (Lipinski definition) is 6. The standard InChI is InChI=1S/C70H122O6/c1-4-7-10-13-16-19-22-24-26-28-30-32-34-35-37-38-40-42-44-46-48-51-54-57-60-63-69(72)75-66-67(65-74-68(71)62-59-56-53-50-21-18-15-12-9-6-3)76-70(73)64-61-58-55-52-49-47-45-43-41-39-36-33-31-29-27-25-23-20-17-14-11-8-5-2/h7,10,16,19,24,26,30,32,35,37,40,42,46,48,67H,4-6,8-9,11-15,17-18,20-23,25,27-29,31,33-34,36,38-39,41,43-45,47,49-66H2,1-3H3/b10-7-,19-16-,26-24-,32-30-,37-35-,42-40-,48-46-. The molecule has 0 rings (SSSR count). The number of allylic oxidation sites excluding steroid dienone is 14. The molecule has 0 aliphatic carbocycles. The zero-order valence-corrected chi connectivity index (χ0v) is 50.3. The Morgan fingerprint density at radius 2 is 0.513 bits per heavy atom. The highest BCUT2D eigenvalue weighted by atomic mass is 16.6. The number of ether oxygens (including phenoxy) is 3. The Morgan fingerprint density at radius 3 is 0.803 bits per heavy atom. The van der Waals surface area contributed by atoms with E-state index in [-0.39, 0.29) is 31.1 Å². The number of unbranched alkanes of at least 4 members (excludes halogenated alkanes) is 34. The Labute approximate surface area is 471 Å². The van der Waals surface area contributed by atoms with E-state index in [0.717, 1.165) is 109 Å². The Morgan fingerprint density at radius 1 is 0.276 bits per heavy atom. The van der Waals surface area contributed by atoms with Gasteiger partial charge >= 0.3 is 17.9 Å². The van der Waals surface area contributed by atoms with Crippen molar-refractivity contribution >= 4 is 17.9 Å². The van der Waals surface area contributed by atoms with Crippen molar-refractivity contribution in [1.82, 2.24) is 0 Å². The fourth-order valence-electron chi connectivity index (χ4n) is 9.31. The molecule has 0 radical (unpaired) electrons. The van der Waals surface area contributed by atoms with E-state index in [4.69, 9.17) is 14.2 Å². The van der Waals surface area contributed by atoms with E-state index < -0.39 is 6.10 Å². The lowest BCUT2D eigenvalue weighted by Gasteiger charge is -2.18. The van der Waals surface area contributed by atoms with Crippen LogP contribution >= 0.6 is 0 Å². The summed E-state index contributed by atoms with van der Waals surface area (Å²) < 4.78 is 16.9. The van der Waals surface area contributed by atoms with E-state index in [9.17, 15) is 14.4 Å². The Bertz CT molecular complexity index is 1450. The van der Waals surface area contributed by atoms with Gasteiger partial charge in [0.25, 0.3) is 0 Å². The molecular formula is C70H122O6. The first kappa shape index (κ1) is 72.6. The molecule has 0 bridgehead atoms. The molecule has 0 heterocycles. The van der Waals surface area contributed by atoms with Crippen LogP contribution in [0.5, 0.6) is 0 Å². The van der Waals surface area contributed by atoms with Crippen LogP contribution < -0.4 is 0 Å². The van der Waals surface area contributed by atoms with Gasteiger partial charge in [-0.1, -0.05) is 311 Å². The lowest BCUT2D eigenvalue weighted by Crippen LogP contribution is -2.30. The highest BCUT2D eigenvalue weighted by Gasteiger charge is 2.19. The summed E-state index contributed by atoms with van der Waals surface area (Å²) in [7, 11) is 0. The zero-order chi connectivity index (χ0) is 55.0. The third-order valence-corrected chi connectivity index (χ3v) is 14.2. The molecule has 0 saturated heterocycles. The molecule has 0 aromatic heterocycles. The summed E-state index contributed by atoms with van der Waals surface area (Å²) in [5.41, 5.74) is 0. The molecule has 0 aromatic rings. The Kier molecular flexibility index (Phi) is 61.2. The van der Waals surface area contributed by atoms with Crippen LogP contribution in [0.2, 0.25) is 0 Å². The smallest absolute Gasteiger partial charge is 0.306 e. The van der Waals surface area contributed by atoms with E-state index in [1.54, 1.807) is 0 Å². The fraction of sp³-hybridized carbons (Fsp3) is 0.757. The van der Waals surface area contributed by atoms with Crippen molar-refractivity contribution in [3.05, 3.63) is 85.1 Å². The van der Waals surface area contributed by atoms with Crippen LogP contribution in [-0.4, -0.2) is 37.2 Å². The summed E-state index contributed by atoms with van der Waals surface area (Å²) >= 11 is 0. The average molecular weight is 1060 g/mol. The molecule has 0 aliphatic rings. The summed E-state index contributed by atoms with van der Waals surface area (Å²) in [6.45, 7) is 6.53. The largest absolute Gasteiger partial charge is 0.462 e. The predicted octanol–water partition coefficient (Wildman–Crippen LogP) is 22.3. The monoisotopic (exact) mass is 1060 g/mol. The van der Waals surface area contributed by atoms with Crippen molar-refractivity contribution in [3.8, 4) is 0 Å². The first-order valence-corrected chi connectivity index (χ1v) is 32.6. The first-order valence-electron chi connectivity index (χ1n) is 32.6. The highest BCUT2D eigenvalue weighted by molar-refractivity contribution is 5.71. The third kappa shape index (κ3) is 61.4. The minimum atomic E-state index is -0.788. The highest BCUT2D eigenvalue weighted by Crippen LogP contribution is 2.17. The van der Waals surface area contributed by atoms with E-state index in [1.165, 1.54) is 173 Å². The van der Waals surface area contributed by atoms with Crippen LogP contribution in [0.4, 0.5) is 0 Å². The van der Waals surface area contributed by atoms with Crippen LogP contribution in [0, 0.1) is 0 Å². The minimum absolute atomic E-state index is 0.0834. The van der Waals surface area contributed by atoms with Gasteiger partial charge in [-0.2, -0.15) is 0 Å². The summed E-state index contributed by atoms with van der Waals surface area (Å²) in [5, 5.41) is 0. The topological polar surface area (TPSA) is 78.9 Å². The fourth-order valence-corrected chi connectivity index (χ4v) is 9.31. The Balaban J connectivity index is 4.30. The van der Waals surface area contributed by atoms with Gasteiger partial charge in [-0.3, -0.25) is 14.4 Å². The lowest BCUT2D eigenvalue weighted by molar-refractivity contribution is -0.167. The molecule has 0 N–H and O–H groups in total. The van der Waals surface area contributed by atoms with Crippen molar-refractivity contribution in [2.24, 2.45) is 0 Å². The Hall–Kier alpha value is -3.41. The first-order chi connectivity index (χ1) is 37.5. The molecular weight excluding hydrogens is 937 g/mol. The second kappa shape index (κ2) is 64.1. The van der Waals surface area contributed by atoms with Crippen LogP contribution in [0.25, 0.3) is 0 Å². The number of hydrogen-bond donors (Lipinski definition) is 0. The van der Waals surface area contributed by atoms with Crippen molar-refractivity contribution < 1.29 is 28.6 Å². The van der Waals surface area contributed by atoms with Gasteiger partial charge < -0.3 is 14.2 Å². The van der Waals surface area contributed by atoms with E-state index in [1.807, 2.05) is 0 Å². The van der Waals surface area contributed by atoms with E-state index >= 15 is 0 Å². The van der Waals surface area contributed by atoms with Crippen molar-refractivity contribution in [3.63, 3.8) is 0 Å². The maximum atomic E-state index is 12.9. The molecule has 6 heteroatoms. The number of carbonyl (C=O) groups is 3. The van der Waals surface area contributed by atoms with Gasteiger partial charge in [0.05, 0.1) is 0 Å². The van der Waals surface area contributed by atoms with Crippen molar-refractivity contribution in [2.75, 3.05) is 13.2 Å². The number of rotatable bonds is 59. The van der Waals surface area contributed by atoms with E-state index in [0.29, 0.717) is 19.3 Å². The van der Waals surface area contributed by atoms with Crippen LogP contribution in [-0.2, 0) is 28.6 Å². The molecule has 1 unspecified atom stereocenters. The number of carbonyl (C=O) groups excluding carboxylic acids is 3. The van der Waals surface area contributed by atoms with Crippen molar-refractivity contribution in [1.29, 1.82) is 0 Å². The van der Waals surface area contributed by atoms with Gasteiger partial charge in [0.15, 0.2) is 6.10 Å². The van der Waals surface area contributed by atoms with E-state index in [2.05, 4.69) is 106 Å². The van der Waals surface area contributed by atoms with Gasteiger partial charge in [-0.05, 0) is 77.0 Å². The van der Waals surface area contributed by atoms with Crippen LogP contribution in [0.3, 0.4) is 0 Å². The molecule has 0 amide bonds. The molecule has 0 aromatic carbocycles. The van der Waals surface area contributed by atoms with Gasteiger partial charge in [0.2, 0.25) is 0 Å². The van der Waals surface area contributed by atoms with Gasteiger partial charge in [0.1, 0.15) is 13.2 Å². The second-order valence-electron chi connectivity index (χ2n) is 21.7. The lowest BCUT2D eigenvalue weighted by atomic mass is 10.0. The maximum absolute atomic E-state index is 12.9. The SMILES string of the molecule is CC/C=C\C/C=C\C/C=C\C/C=C\C/C=C\C/C=C\C/C=C\CCCCCC(=O)OCC(COC(=O)CCCCCCCCCCCC)OC(=O)CCCCCCCCCCCCCCCCCCCCCCCCC. The average Bonchev–Trinajstić information content (AvgIpc) is 3.42. The normalized spacial score (nSPS) is 12.6. The third-order valence-electron chi connectivity index (χ3n) is 14.2. The molecule has 1 atom stereocenters. The maximum Gasteiger partial charge on any atom is 0.306 e. The summed E-state index contributed by atoms with van der Waals surface area (Å²) in [5.74, 6) is -0.905. The summed E-state index contributed by atoms with van der Waals surface area (Å²) in [4.78, 5) is 38.2. The second-order valence-corrected chi connectivity index (χ2v) is 21.7. The number of esters is 3. The molecule has 0 spiro atoms. The molecule has 0 fully saturated rings. The molecule has 76 heavy (non-hydrogen) atoms. The van der Waals surface area contributed by atoms with Gasteiger partial charge in [0, 0.05) is 19.3 Å². The summed E-state index contributed by atoms with van der Waals surface area (Å²) in [6, 6.07) is 0. The minimum Gasteiger partial charge on any atom is -0.462 e. The quantitative estimate of drug-likeness (QED) is 0.0261. The molecule has 0 saturated carbocycles. The predicted molar refractivity (Wildman–Crippen MR) is 330 cm³/mol. The van der Waals surface area contributed by atoms with Gasteiger partial charge in [-0.25, -0.2) is 0 Å². The molecule has 0 aliphatic heterocycles. The van der Waals surface area contributed by atoms with Crippen LogP contribution in [0.1, 0.15) is 323 Å².